The van der Waals surface area contributed by atoms with Crippen molar-refractivity contribution in [3.8, 4) is 0 Å². The van der Waals surface area contributed by atoms with Crippen molar-refractivity contribution in [1.29, 1.82) is 0 Å². The van der Waals surface area contributed by atoms with E-state index in [0.717, 1.165) is 23.1 Å². The maximum absolute atomic E-state index is 12.8. The number of carbonyl (C=O) groups excluding carboxylic acids is 1. The minimum atomic E-state index is 0.0198. The van der Waals surface area contributed by atoms with Gasteiger partial charge in [0, 0.05) is 35.6 Å². The van der Waals surface area contributed by atoms with Crippen LogP contribution in [0.5, 0.6) is 0 Å². The number of piperidine rings is 3. The van der Waals surface area contributed by atoms with Gasteiger partial charge in [0.1, 0.15) is 0 Å². The summed E-state index contributed by atoms with van der Waals surface area (Å²) in [4.78, 5) is 22.8. The first-order chi connectivity index (χ1) is 14.7. The van der Waals surface area contributed by atoms with E-state index >= 15 is 0 Å². The molecule has 2 atom stereocenters. The van der Waals surface area contributed by atoms with Gasteiger partial charge in [0.15, 0.2) is 5.09 Å². The standard InChI is InChI=1S/C22H28N4O3S/c1-15-20(16-6-8-25(15)9-7-16)24-21(27)17-2-4-18(5-3-17)30-19-14-23-22(29-19)26-10-12-28-13-11-26/h2-5,14-16,20H,6-13H2,1H3,(H,24,27)/t15-,20-/m0/s1. The third-order valence-corrected chi connectivity index (χ3v) is 7.46. The summed E-state index contributed by atoms with van der Waals surface area (Å²) in [6.45, 7) is 7.56. The lowest BCUT2D eigenvalue weighted by Gasteiger charge is -2.49. The van der Waals surface area contributed by atoms with Gasteiger partial charge in [0.25, 0.3) is 11.9 Å². The van der Waals surface area contributed by atoms with E-state index < -0.39 is 0 Å². The predicted molar refractivity (Wildman–Crippen MR) is 115 cm³/mol. The third kappa shape index (κ3) is 4.08. The lowest BCUT2D eigenvalue weighted by Crippen LogP contribution is -2.62. The number of ether oxygens (including phenoxy) is 1. The minimum absolute atomic E-state index is 0.0198. The number of benzene rings is 1. The Kier molecular flexibility index (Phi) is 5.71. The highest BCUT2D eigenvalue weighted by Gasteiger charge is 2.40. The van der Waals surface area contributed by atoms with E-state index in [0.29, 0.717) is 36.8 Å². The largest absolute Gasteiger partial charge is 0.417 e. The van der Waals surface area contributed by atoms with E-state index in [9.17, 15) is 4.79 Å². The Bertz CT molecular complexity index is 871. The summed E-state index contributed by atoms with van der Waals surface area (Å²) >= 11 is 1.51. The first kappa shape index (κ1) is 19.9. The molecular weight excluding hydrogens is 400 g/mol. The Hall–Kier alpha value is -2.03. The fourth-order valence-electron chi connectivity index (χ4n) is 4.77. The van der Waals surface area contributed by atoms with Gasteiger partial charge in [0.2, 0.25) is 0 Å². The van der Waals surface area contributed by atoms with E-state index in [1.54, 1.807) is 6.20 Å². The van der Waals surface area contributed by atoms with Crippen LogP contribution >= 0.6 is 11.8 Å². The number of rotatable bonds is 5. The van der Waals surface area contributed by atoms with Gasteiger partial charge < -0.3 is 19.4 Å². The fourth-order valence-corrected chi connectivity index (χ4v) is 5.50. The molecule has 0 spiro atoms. The van der Waals surface area contributed by atoms with E-state index in [2.05, 4.69) is 27.0 Å². The molecule has 0 aliphatic carbocycles. The summed E-state index contributed by atoms with van der Waals surface area (Å²) in [6, 6.07) is 9.03. The Morgan fingerprint density at radius 3 is 2.57 bits per heavy atom. The zero-order valence-electron chi connectivity index (χ0n) is 17.3. The summed E-state index contributed by atoms with van der Waals surface area (Å²) < 4.78 is 11.3. The van der Waals surface area contributed by atoms with Crippen LogP contribution in [-0.4, -0.2) is 67.3 Å². The van der Waals surface area contributed by atoms with Crippen LogP contribution in [0.3, 0.4) is 0 Å². The van der Waals surface area contributed by atoms with Crippen LogP contribution in [0.15, 0.2) is 44.9 Å². The molecule has 1 N–H and O–H groups in total. The highest BCUT2D eigenvalue weighted by atomic mass is 32.2. The van der Waals surface area contributed by atoms with Gasteiger partial charge in [-0.3, -0.25) is 9.69 Å². The van der Waals surface area contributed by atoms with Crippen molar-refractivity contribution in [1.82, 2.24) is 15.2 Å². The SMILES string of the molecule is C[C@H]1[C@H](NC(=O)c2ccc(Sc3cnc(N4CCOCC4)o3)cc2)C2CCN1CC2. The average molecular weight is 429 g/mol. The van der Waals surface area contributed by atoms with Gasteiger partial charge in [-0.1, -0.05) is 11.8 Å². The summed E-state index contributed by atoms with van der Waals surface area (Å²) in [5.41, 5.74) is 0.703. The first-order valence-electron chi connectivity index (χ1n) is 10.8. The molecule has 5 heterocycles. The van der Waals surface area contributed by atoms with E-state index in [4.69, 9.17) is 9.15 Å². The van der Waals surface area contributed by atoms with Crippen molar-refractivity contribution in [3.05, 3.63) is 36.0 Å². The minimum Gasteiger partial charge on any atom is -0.417 e. The van der Waals surface area contributed by atoms with Crippen LogP contribution in [0.25, 0.3) is 0 Å². The Balaban J connectivity index is 1.19. The van der Waals surface area contributed by atoms with Crippen LogP contribution in [0.2, 0.25) is 0 Å². The van der Waals surface area contributed by atoms with Crippen molar-refractivity contribution in [2.75, 3.05) is 44.3 Å². The van der Waals surface area contributed by atoms with Crippen LogP contribution < -0.4 is 10.2 Å². The number of hydrogen-bond acceptors (Lipinski definition) is 7. The number of hydrogen-bond donors (Lipinski definition) is 1. The molecule has 0 unspecified atom stereocenters. The zero-order valence-corrected chi connectivity index (χ0v) is 18.1. The molecule has 1 aromatic carbocycles. The van der Waals surface area contributed by atoms with Crippen LogP contribution in [-0.2, 0) is 4.74 Å². The summed E-state index contributed by atoms with van der Waals surface area (Å²) in [7, 11) is 0. The molecule has 2 bridgehead atoms. The molecule has 1 amide bonds. The van der Waals surface area contributed by atoms with Crippen molar-refractivity contribution in [2.24, 2.45) is 5.92 Å². The first-order valence-corrected chi connectivity index (χ1v) is 11.6. The molecule has 4 fully saturated rings. The van der Waals surface area contributed by atoms with Gasteiger partial charge in [-0.2, -0.15) is 0 Å². The highest BCUT2D eigenvalue weighted by Crippen LogP contribution is 2.33. The van der Waals surface area contributed by atoms with Gasteiger partial charge in [0.05, 0.1) is 19.4 Å². The molecular formula is C22H28N4O3S. The number of fused-ring (bicyclic) bond motifs is 3. The molecule has 8 heteroatoms. The molecule has 0 radical (unpaired) electrons. The number of oxazole rings is 1. The summed E-state index contributed by atoms with van der Waals surface area (Å²) in [6.07, 6.45) is 4.13. The summed E-state index contributed by atoms with van der Waals surface area (Å²) in [5.74, 6) is 0.627. The molecule has 30 heavy (non-hydrogen) atoms. The topological polar surface area (TPSA) is 70.8 Å². The van der Waals surface area contributed by atoms with Gasteiger partial charge in [-0.25, -0.2) is 4.98 Å². The van der Waals surface area contributed by atoms with Crippen molar-refractivity contribution >= 4 is 23.7 Å². The maximum Gasteiger partial charge on any atom is 0.298 e. The number of nitrogens with one attached hydrogen (secondary N) is 1. The molecule has 160 valence electrons. The van der Waals surface area contributed by atoms with Crippen LogP contribution in [0.4, 0.5) is 6.01 Å². The van der Waals surface area contributed by atoms with Crippen molar-refractivity contribution in [2.45, 2.75) is 41.8 Å². The molecule has 4 saturated heterocycles. The number of anilines is 1. The fraction of sp³-hybridized carbons (Fsp3) is 0.545. The Morgan fingerprint density at radius 2 is 1.87 bits per heavy atom. The number of morpholine rings is 1. The van der Waals surface area contributed by atoms with Crippen molar-refractivity contribution in [3.63, 3.8) is 0 Å². The molecule has 1 aromatic heterocycles. The molecule has 4 aliphatic heterocycles. The van der Waals surface area contributed by atoms with Crippen molar-refractivity contribution < 1.29 is 13.9 Å². The summed E-state index contributed by atoms with van der Waals surface area (Å²) in [5, 5.41) is 4.04. The number of nitrogens with zero attached hydrogens (tertiary/aromatic N) is 3. The maximum atomic E-state index is 12.8. The lowest BCUT2D eigenvalue weighted by molar-refractivity contribution is 0.0217. The third-order valence-electron chi connectivity index (χ3n) is 6.56. The molecule has 0 saturated carbocycles. The molecule has 2 aromatic rings. The second kappa shape index (κ2) is 8.61. The van der Waals surface area contributed by atoms with E-state index in [-0.39, 0.29) is 11.9 Å². The predicted octanol–water partition coefficient (Wildman–Crippen LogP) is 2.87. The highest BCUT2D eigenvalue weighted by molar-refractivity contribution is 7.99. The quantitative estimate of drug-likeness (QED) is 0.785. The Labute approximate surface area is 181 Å². The average Bonchev–Trinajstić information content (AvgIpc) is 3.26. The molecule has 7 nitrogen and oxygen atoms in total. The zero-order chi connectivity index (χ0) is 20.5. The normalized spacial score (nSPS) is 28.5. The lowest BCUT2D eigenvalue weighted by atomic mass is 9.79. The van der Waals surface area contributed by atoms with Crippen LogP contribution in [0.1, 0.15) is 30.1 Å². The van der Waals surface area contributed by atoms with E-state index in [1.807, 2.05) is 24.3 Å². The van der Waals surface area contributed by atoms with Crippen LogP contribution in [0, 0.1) is 5.92 Å². The monoisotopic (exact) mass is 428 g/mol. The van der Waals surface area contributed by atoms with E-state index in [1.165, 1.54) is 37.7 Å². The second-order valence-electron chi connectivity index (χ2n) is 8.30. The smallest absolute Gasteiger partial charge is 0.298 e. The van der Waals surface area contributed by atoms with Gasteiger partial charge in [-0.05, 0) is 63.0 Å². The molecule has 4 aliphatic rings. The number of aromatic nitrogens is 1. The number of carbonyl (C=O) groups is 1. The van der Waals surface area contributed by atoms with Gasteiger partial charge >= 0.3 is 0 Å². The second-order valence-corrected chi connectivity index (χ2v) is 9.38. The Morgan fingerprint density at radius 1 is 1.13 bits per heavy atom. The number of amides is 1. The molecule has 6 rings (SSSR count). The van der Waals surface area contributed by atoms with Gasteiger partial charge in [-0.15, -0.1) is 0 Å².